The largest absolute Gasteiger partial charge is 0.493 e. The number of rotatable bonds is 8. The predicted octanol–water partition coefficient (Wildman–Crippen LogP) is 5.77. The van der Waals surface area contributed by atoms with Crippen LogP contribution in [0.4, 0.5) is 5.69 Å². The van der Waals surface area contributed by atoms with Gasteiger partial charge in [-0.05, 0) is 30.3 Å². The summed E-state index contributed by atoms with van der Waals surface area (Å²) >= 11 is 6.12. The minimum atomic E-state index is -0.563. The highest BCUT2D eigenvalue weighted by Crippen LogP contribution is 2.38. The monoisotopic (exact) mass is 449 g/mol. The van der Waals surface area contributed by atoms with E-state index in [4.69, 9.17) is 21.1 Å². The molecule has 0 aliphatic rings. The van der Waals surface area contributed by atoms with Crippen LogP contribution < -0.4 is 9.47 Å². The first kappa shape index (κ1) is 21.4. The van der Waals surface area contributed by atoms with Gasteiger partial charge in [-0.2, -0.15) is 0 Å². The number of ether oxygens (including phenoxy) is 2. The Labute approximate surface area is 189 Å². The van der Waals surface area contributed by atoms with Gasteiger partial charge in [0.15, 0.2) is 12.3 Å². The van der Waals surface area contributed by atoms with E-state index in [-0.39, 0.29) is 24.8 Å². The lowest BCUT2D eigenvalue weighted by atomic mass is 10.2. The van der Waals surface area contributed by atoms with Crippen LogP contribution in [0.3, 0.4) is 0 Å². The van der Waals surface area contributed by atoms with Gasteiger partial charge in [-0.25, -0.2) is 0 Å². The molecule has 0 spiro atoms. The number of benzene rings is 3. The van der Waals surface area contributed by atoms with Crippen LogP contribution in [0.5, 0.6) is 17.4 Å². The maximum absolute atomic E-state index is 12.1. The number of amides is 1. The molecule has 4 aromatic rings. The van der Waals surface area contributed by atoms with Gasteiger partial charge < -0.3 is 19.1 Å². The Bertz CT molecular complexity index is 1250. The molecule has 32 heavy (non-hydrogen) atoms. The van der Waals surface area contributed by atoms with Crippen molar-refractivity contribution < 1.29 is 19.4 Å². The van der Waals surface area contributed by atoms with Crippen molar-refractivity contribution in [2.75, 3.05) is 13.2 Å². The number of aromatic hydroxyl groups is 1. The molecule has 0 radical (unpaired) electrons. The summed E-state index contributed by atoms with van der Waals surface area (Å²) in [4.78, 5) is 12.1. The first-order chi connectivity index (χ1) is 15.6. The number of carbonyl (C=O) groups is 1. The fourth-order valence-corrected chi connectivity index (χ4v) is 3.39. The molecule has 0 bridgehead atoms. The molecule has 8 heteroatoms. The minimum absolute atomic E-state index is 0.102. The molecule has 0 unspecified atom stereocenters. The average Bonchev–Trinajstić information content (AvgIpc) is 3.09. The Morgan fingerprint density at radius 3 is 2.47 bits per heavy atom. The van der Waals surface area contributed by atoms with Crippen molar-refractivity contribution in [2.24, 2.45) is 10.2 Å². The van der Waals surface area contributed by atoms with Crippen LogP contribution in [0.15, 0.2) is 89.1 Å². The normalized spacial score (nSPS) is 11.2. The average molecular weight is 450 g/mol. The number of azo groups is 1. The quantitative estimate of drug-likeness (QED) is 0.346. The molecule has 1 N–H and O–H groups in total. The number of halogens is 1. The molecular formula is C24H20ClN3O4. The van der Waals surface area contributed by atoms with E-state index in [1.807, 2.05) is 48.5 Å². The Kier molecular flexibility index (Phi) is 6.67. The molecular weight excluding hydrogens is 430 g/mol. The van der Waals surface area contributed by atoms with Crippen LogP contribution in [-0.4, -0.2) is 28.8 Å². The second-order valence-corrected chi connectivity index (χ2v) is 7.22. The number of carbonyl (C=O) groups excluding carboxylic acids is 1. The maximum Gasteiger partial charge on any atom is 0.302 e. The predicted molar refractivity (Wildman–Crippen MR) is 122 cm³/mol. The minimum Gasteiger partial charge on any atom is -0.493 e. The highest BCUT2D eigenvalue weighted by atomic mass is 35.5. The summed E-state index contributed by atoms with van der Waals surface area (Å²) in [5, 5.41) is 19.7. The van der Waals surface area contributed by atoms with E-state index in [9.17, 15) is 9.90 Å². The number of hydrogen-bond acceptors (Lipinski definition) is 5. The number of nitrogens with zero attached hydrogens (tertiary/aromatic N) is 3. The van der Waals surface area contributed by atoms with E-state index >= 15 is 0 Å². The molecule has 4 rings (SSSR count). The second kappa shape index (κ2) is 9.98. The van der Waals surface area contributed by atoms with E-state index in [0.717, 1.165) is 5.52 Å². The van der Waals surface area contributed by atoms with Crippen LogP contribution in [0.1, 0.15) is 0 Å². The topological polar surface area (TPSA) is 85.4 Å². The summed E-state index contributed by atoms with van der Waals surface area (Å²) in [6.07, 6.45) is 0. The van der Waals surface area contributed by atoms with E-state index in [0.29, 0.717) is 28.5 Å². The molecule has 1 amide bonds. The van der Waals surface area contributed by atoms with Gasteiger partial charge in [0.1, 0.15) is 18.1 Å². The molecule has 0 atom stereocenters. The highest BCUT2D eigenvalue weighted by Gasteiger charge is 2.17. The van der Waals surface area contributed by atoms with Crippen LogP contribution in [-0.2, 0) is 11.3 Å². The summed E-state index contributed by atoms with van der Waals surface area (Å²) < 4.78 is 12.8. The smallest absolute Gasteiger partial charge is 0.302 e. The number of hydrogen-bond donors (Lipinski definition) is 1. The lowest BCUT2D eigenvalue weighted by molar-refractivity contribution is -0.120. The second-order valence-electron chi connectivity index (χ2n) is 6.82. The molecule has 0 fully saturated rings. The van der Waals surface area contributed by atoms with E-state index in [1.165, 1.54) is 0 Å². The third-order valence-corrected chi connectivity index (χ3v) is 5.01. The Hall–Kier alpha value is -3.84. The molecule has 162 valence electrons. The Morgan fingerprint density at radius 2 is 1.66 bits per heavy atom. The zero-order chi connectivity index (χ0) is 22.3. The van der Waals surface area contributed by atoms with E-state index in [1.54, 1.807) is 34.9 Å². The van der Waals surface area contributed by atoms with Crippen LogP contribution in [0.25, 0.3) is 10.9 Å². The summed E-state index contributed by atoms with van der Waals surface area (Å²) in [6, 6.07) is 23.5. The fourth-order valence-electron chi connectivity index (χ4n) is 3.20. The molecule has 0 aliphatic heterocycles. The lowest BCUT2D eigenvalue weighted by Crippen LogP contribution is -2.08. The van der Waals surface area contributed by atoms with Crippen molar-refractivity contribution in [2.45, 2.75) is 6.54 Å². The van der Waals surface area contributed by atoms with Crippen molar-refractivity contribution in [3.8, 4) is 17.4 Å². The first-order valence-corrected chi connectivity index (χ1v) is 10.3. The molecule has 7 nitrogen and oxygen atoms in total. The molecule has 0 aliphatic carbocycles. The maximum atomic E-state index is 12.1. The summed E-state index contributed by atoms with van der Waals surface area (Å²) in [6.45, 7) is 0.368. The van der Waals surface area contributed by atoms with Gasteiger partial charge in [-0.1, -0.05) is 60.1 Å². The van der Waals surface area contributed by atoms with Crippen LogP contribution >= 0.6 is 11.6 Å². The van der Waals surface area contributed by atoms with Gasteiger partial charge in [-0.15, -0.1) is 10.2 Å². The molecule has 1 aromatic heterocycles. The van der Waals surface area contributed by atoms with Crippen molar-refractivity contribution >= 4 is 34.1 Å². The van der Waals surface area contributed by atoms with E-state index in [2.05, 4.69) is 10.2 Å². The highest BCUT2D eigenvalue weighted by molar-refractivity contribution is 6.32. The van der Waals surface area contributed by atoms with Gasteiger partial charge in [0, 0.05) is 5.39 Å². The van der Waals surface area contributed by atoms with Gasteiger partial charge in [0.25, 0.3) is 0 Å². The third-order valence-electron chi connectivity index (χ3n) is 4.69. The summed E-state index contributed by atoms with van der Waals surface area (Å²) in [5.74, 6) is 0.463. The molecule has 1 heterocycles. The Balaban J connectivity index is 1.48. The first-order valence-electron chi connectivity index (χ1n) is 9.93. The third kappa shape index (κ3) is 4.90. The van der Waals surface area contributed by atoms with Gasteiger partial charge >= 0.3 is 5.91 Å². The fraction of sp³-hybridized carbons (Fsp3) is 0.125. The number of aromatic nitrogens is 1. The van der Waals surface area contributed by atoms with Crippen molar-refractivity contribution in [3.63, 3.8) is 0 Å². The molecule has 3 aromatic carbocycles. The number of para-hydroxylation sites is 3. The van der Waals surface area contributed by atoms with Crippen LogP contribution in [0.2, 0.25) is 5.02 Å². The van der Waals surface area contributed by atoms with Gasteiger partial charge in [0.2, 0.25) is 5.88 Å². The van der Waals surface area contributed by atoms with Crippen LogP contribution in [0, 0.1) is 0 Å². The molecule has 0 saturated carbocycles. The molecule has 0 saturated heterocycles. The van der Waals surface area contributed by atoms with E-state index < -0.39 is 5.91 Å². The lowest BCUT2D eigenvalue weighted by Gasteiger charge is -2.10. The van der Waals surface area contributed by atoms with Crippen molar-refractivity contribution in [1.82, 2.24) is 4.57 Å². The zero-order valence-corrected chi connectivity index (χ0v) is 17.8. The Morgan fingerprint density at radius 1 is 0.938 bits per heavy atom. The van der Waals surface area contributed by atoms with Gasteiger partial charge in [0.05, 0.1) is 17.1 Å². The SMILES string of the molecule is O=C(COc1ccccc1)N=Nc1c(O)n(CCOc2ccccc2Cl)c2ccccc12. The zero-order valence-electron chi connectivity index (χ0n) is 17.0. The number of fused-ring (bicyclic) bond motifs is 1. The summed E-state index contributed by atoms with van der Waals surface area (Å²) in [7, 11) is 0. The standard InChI is InChI=1S/C24H20ClN3O4/c25-19-11-5-7-13-21(19)31-15-14-28-20-12-6-4-10-18(20)23(24(28)30)27-26-22(29)16-32-17-8-2-1-3-9-17/h1-13,30H,14-16H2. The van der Waals surface area contributed by atoms with Crippen molar-refractivity contribution in [1.29, 1.82) is 0 Å². The van der Waals surface area contributed by atoms with Gasteiger partial charge in [-0.3, -0.25) is 4.79 Å². The summed E-state index contributed by atoms with van der Waals surface area (Å²) in [5.41, 5.74) is 0.959. The van der Waals surface area contributed by atoms with Crippen molar-refractivity contribution in [3.05, 3.63) is 83.9 Å².